The van der Waals surface area contributed by atoms with E-state index in [4.69, 9.17) is 25.8 Å². The second-order valence-corrected chi connectivity index (χ2v) is 7.67. The molecule has 2 aromatic rings. The molecule has 5 nitrogen and oxygen atoms in total. The molecule has 2 unspecified atom stereocenters. The molecular weight excluding hydrogens is 392 g/mol. The number of ether oxygens (including phenoxy) is 3. The Morgan fingerprint density at radius 1 is 1.14 bits per heavy atom. The third-order valence-electron chi connectivity index (χ3n) is 5.09. The molecule has 1 saturated heterocycles. The second-order valence-electron chi connectivity index (χ2n) is 7.26. The summed E-state index contributed by atoms with van der Waals surface area (Å²) in [7, 11) is 0. The highest BCUT2D eigenvalue weighted by atomic mass is 35.5. The van der Waals surface area contributed by atoms with Crippen LogP contribution in [-0.2, 0) is 21.7 Å². The lowest BCUT2D eigenvalue weighted by Crippen LogP contribution is -2.47. The van der Waals surface area contributed by atoms with Crippen LogP contribution in [0.25, 0.3) is 0 Å². The van der Waals surface area contributed by atoms with Gasteiger partial charge in [-0.25, -0.2) is 0 Å². The van der Waals surface area contributed by atoms with Crippen molar-refractivity contribution >= 4 is 11.6 Å². The van der Waals surface area contributed by atoms with Crippen molar-refractivity contribution in [2.75, 3.05) is 19.8 Å². The predicted octanol–water partition coefficient (Wildman–Crippen LogP) is 4.05. The van der Waals surface area contributed by atoms with Gasteiger partial charge < -0.3 is 24.4 Å². The van der Waals surface area contributed by atoms with E-state index in [9.17, 15) is 10.2 Å². The van der Waals surface area contributed by atoms with Gasteiger partial charge in [-0.1, -0.05) is 29.8 Å². The molecule has 0 amide bonds. The molecular formula is C23H29ClO5. The van der Waals surface area contributed by atoms with Gasteiger partial charge in [0, 0.05) is 30.0 Å². The Kier molecular flexibility index (Phi) is 7.55. The van der Waals surface area contributed by atoms with E-state index < -0.39 is 18.0 Å². The Morgan fingerprint density at radius 2 is 1.90 bits per heavy atom. The Morgan fingerprint density at radius 3 is 2.55 bits per heavy atom. The quantitative estimate of drug-likeness (QED) is 0.674. The largest absolute Gasteiger partial charge is 0.494 e. The zero-order valence-electron chi connectivity index (χ0n) is 16.9. The zero-order chi connectivity index (χ0) is 20.9. The van der Waals surface area contributed by atoms with Crippen molar-refractivity contribution in [1.29, 1.82) is 0 Å². The van der Waals surface area contributed by atoms with Crippen LogP contribution in [0.1, 0.15) is 43.4 Å². The molecule has 2 aromatic carbocycles. The lowest BCUT2D eigenvalue weighted by Gasteiger charge is -2.42. The van der Waals surface area contributed by atoms with Crippen molar-refractivity contribution in [3.63, 3.8) is 0 Å². The van der Waals surface area contributed by atoms with Crippen LogP contribution in [0, 0.1) is 0 Å². The van der Waals surface area contributed by atoms with Crippen molar-refractivity contribution in [3.8, 4) is 5.75 Å². The molecule has 2 N–H and O–H groups in total. The van der Waals surface area contributed by atoms with Gasteiger partial charge in [0.15, 0.2) is 5.79 Å². The molecule has 0 saturated carbocycles. The fourth-order valence-corrected chi connectivity index (χ4v) is 3.99. The molecule has 0 spiro atoms. The van der Waals surface area contributed by atoms with Crippen molar-refractivity contribution < 1.29 is 24.4 Å². The predicted molar refractivity (Wildman–Crippen MR) is 112 cm³/mol. The summed E-state index contributed by atoms with van der Waals surface area (Å²) in [4.78, 5) is 0. The minimum absolute atomic E-state index is 0.168. The summed E-state index contributed by atoms with van der Waals surface area (Å²) in [6, 6.07) is 13.6. The Hall–Kier alpha value is -1.63. The molecule has 0 aliphatic carbocycles. The molecule has 29 heavy (non-hydrogen) atoms. The lowest BCUT2D eigenvalue weighted by molar-refractivity contribution is -0.307. The monoisotopic (exact) mass is 420 g/mol. The summed E-state index contributed by atoms with van der Waals surface area (Å²) in [6.07, 6.45) is 0.250. The molecule has 1 aliphatic rings. The fraction of sp³-hybridized carbons (Fsp3) is 0.478. The molecule has 0 bridgehead atoms. The summed E-state index contributed by atoms with van der Waals surface area (Å²) < 4.78 is 17.6. The molecule has 1 fully saturated rings. The molecule has 1 aliphatic heterocycles. The summed E-state index contributed by atoms with van der Waals surface area (Å²) in [5, 5.41) is 20.6. The SMILES string of the molecule is CCOc1ccc(Cc2cc([C@@]3(OCC)CC(O)CC(CO)O3)ccc2Cl)cc1. The highest BCUT2D eigenvalue weighted by Gasteiger charge is 2.43. The maximum absolute atomic E-state index is 10.4. The standard InChI is InChI=1S/C23H29ClO5/c1-3-27-20-8-5-16(6-9-20)11-17-12-18(7-10-22(17)24)23(28-4-2)14-19(26)13-21(15-25)29-23/h5-10,12,19,21,25-26H,3-4,11,13-15H2,1-2H3/t19?,21?,23-/m1/s1. The van der Waals surface area contributed by atoms with Crippen molar-refractivity contribution in [3.05, 3.63) is 64.2 Å². The van der Waals surface area contributed by atoms with Crippen LogP contribution in [0.5, 0.6) is 5.75 Å². The molecule has 0 aromatic heterocycles. The minimum atomic E-state index is -1.10. The van der Waals surface area contributed by atoms with E-state index in [1.54, 1.807) is 0 Å². The van der Waals surface area contributed by atoms with Gasteiger partial charge in [-0.2, -0.15) is 0 Å². The van der Waals surface area contributed by atoms with E-state index in [1.807, 2.05) is 56.3 Å². The van der Waals surface area contributed by atoms with E-state index in [1.165, 1.54) is 0 Å². The number of rotatable bonds is 8. The zero-order valence-corrected chi connectivity index (χ0v) is 17.7. The Bertz CT molecular complexity index is 794. The number of hydrogen-bond acceptors (Lipinski definition) is 5. The number of aliphatic hydroxyl groups is 2. The molecule has 6 heteroatoms. The normalized spacial score (nSPS) is 24.4. The average molecular weight is 421 g/mol. The van der Waals surface area contributed by atoms with Crippen LogP contribution in [0.4, 0.5) is 0 Å². The minimum Gasteiger partial charge on any atom is -0.494 e. The number of aliphatic hydroxyl groups excluding tert-OH is 2. The summed E-state index contributed by atoms with van der Waals surface area (Å²) in [5.41, 5.74) is 2.84. The van der Waals surface area contributed by atoms with E-state index in [2.05, 4.69) is 0 Å². The average Bonchev–Trinajstić information content (AvgIpc) is 2.71. The summed E-state index contributed by atoms with van der Waals surface area (Å²) in [5.74, 6) is -0.260. The topological polar surface area (TPSA) is 68.2 Å². The van der Waals surface area contributed by atoms with Gasteiger partial charge in [0.05, 0.1) is 25.4 Å². The molecule has 0 radical (unpaired) electrons. The maximum Gasteiger partial charge on any atom is 0.197 e. The smallest absolute Gasteiger partial charge is 0.197 e. The first-order valence-electron chi connectivity index (χ1n) is 10.1. The van der Waals surface area contributed by atoms with Crippen LogP contribution in [0.2, 0.25) is 5.02 Å². The van der Waals surface area contributed by atoms with Gasteiger partial charge in [-0.15, -0.1) is 0 Å². The van der Waals surface area contributed by atoms with Crippen molar-refractivity contribution in [2.45, 2.75) is 51.1 Å². The molecule has 3 atom stereocenters. The van der Waals surface area contributed by atoms with Gasteiger partial charge in [-0.3, -0.25) is 0 Å². The van der Waals surface area contributed by atoms with Gasteiger partial charge in [0.2, 0.25) is 0 Å². The lowest BCUT2D eigenvalue weighted by atomic mass is 9.91. The van der Waals surface area contributed by atoms with Gasteiger partial charge >= 0.3 is 0 Å². The van der Waals surface area contributed by atoms with Crippen LogP contribution >= 0.6 is 11.6 Å². The second kappa shape index (κ2) is 9.92. The van der Waals surface area contributed by atoms with E-state index in [-0.39, 0.29) is 6.61 Å². The first-order chi connectivity index (χ1) is 14.0. The Balaban J connectivity index is 1.89. The fourth-order valence-electron chi connectivity index (χ4n) is 3.81. The van der Waals surface area contributed by atoms with Gasteiger partial charge in [0.1, 0.15) is 5.75 Å². The van der Waals surface area contributed by atoms with Gasteiger partial charge in [-0.05, 0) is 55.7 Å². The summed E-state index contributed by atoms with van der Waals surface area (Å²) >= 11 is 6.48. The van der Waals surface area contributed by atoms with Crippen LogP contribution in [0.3, 0.4) is 0 Å². The van der Waals surface area contributed by atoms with Crippen LogP contribution < -0.4 is 4.74 Å². The third-order valence-corrected chi connectivity index (χ3v) is 5.46. The maximum atomic E-state index is 10.4. The molecule has 158 valence electrons. The van der Waals surface area contributed by atoms with Gasteiger partial charge in [0.25, 0.3) is 0 Å². The number of halogens is 1. The van der Waals surface area contributed by atoms with E-state index in [0.717, 1.165) is 22.4 Å². The van der Waals surface area contributed by atoms with E-state index >= 15 is 0 Å². The number of benzene rings is 2. The number of hydrogen-bond donors (Lipinski definition) is 2. The van der Waals surface area contributed by atoms with E-state index in [0.29, 0.717) is 37.5 Å². The van der Waals surface area contributed by atoms with Crippen LogP contribution in [-0.4, -0.2) is 42.2 Å². The van der Waals surface area contributed by atoms with Crippen molar-refractivity contribution in [1.82, 2.24) is 0 Å². The first-order valence-corrected chi connectivity index (χ1v) is 10.5. The van der Waals surface area contributed by atoms with Crippen LogP contribution in [0.15, 0.2) is 42.5 Å². The first kappa shape index (κ1) is 22.1. The van der Waals surface area contributed by atoms with Crippen molar-refractivity contribution in [2.24, 2.45) is 0 Å². The summed E-state index contributed by atoms with van der Waals surface area (Å²) in [6.45, 7) is 4.73. The molecule has 3 rings (SSSR count). The molecule has 1 heterocycles. The highest BCUT2D eigenvalue weighted by Crippen LogP contribution is 2.40. The Labute approximate surface area is 177 Å². The third kappa shape index (κ3) is 5.30. The highest BCUT2D eigenvalue weighted by molar-refractivity contribution is 6.31.